The molecule has 3 nitrogen and oxygen atoms in total. The zero-order valence-electron chi connectivity index (χ0n) is 12.7. The van der Waals surface area contributed by atoms with E-state index in [1.54, 1.807) is 6.26 Å². The fourth-order valence-electron chi connectivity index (χ4n) is 3.20. The van der Waals surface area contributed by atoms with E-state index in [1.807, 2.05) is 6.92 Å². The third-order valence-electron chi connectivity index (χ3n) is 4.72. The third-order valence-corrected chi connectivity index (χ3v) is 4.72. The fourth-order valence-corrected chi connectivity index (χ4v) is 3.20. The van der Waals surface area contributed by atoms with Crippen molar-refractivity contribution in [1.82, 2.24) is 10.2 Å². The number of hydrogen-bond donors (Lipinski definition) is 1. The van der Waals surface area contributed by atoms with Gasteiger partial charge in [0.15, 0.2) is 0 Å². The standard InChI is InChI=1S/C16H28N2O/c1-14-15(7-12-19-14)13-18(3)11-10-16(17-2)8-5-4-6-9-16/h7,12,17H,4-6,8-11,13H2,1-3H3. The first-order valence-corrected chi connectivity index (χ1v) is 7.56. The molecule has 0 spiro atoms. The highest BCUT2D eigenvalue weighted by atomic mass is 16.3. The number of aryl methyl sites for hydroxylation is 1. The first kappa shape index (κ1) is 14.6. The molecule has 0 radical (unpaired) electrons. The average Bonchev–Trinajstić information content (AvgIpc) is 2.83. The highest BCUT2D eigenvalue weighted by molar-refractivity contribution is 5.15. The van der Waals surface area contributed by atoms with E-state index in [0.29, 0.717) is 5.54 Å². The van der Waals surface area contributed by atoms with Crippen molar-refractivity contribution < 1.29 is 4.42 Å². The molecule has 0 unspecified atom stereocenters. The normalized spacial score (nSPS) is 18.9. The summed E-state index contributed by atoms with van der Waals surface area (Å²) >= 11 is 0. The van der Waals surface area contributed by atoms with Crippen molar-refractivity contribution in [2.75, 3.05) is 20.6 Å². The van der Waals surface area contributed by atoms with E-state index in [2.05, 4.69) is 30.4 Å². The Balaban J connectivity index is 1.82. The summed E-state index contributed by atoms with van der Waals surface area (Å²) in [5, 5.41) is 3.60. The fraction of sp³-hybridized carbons (Fsp3) is 0.750. The maximum Gasteiger partial charge on any atom is 0.105 e. The second-order valence-electron chi connectivity index (χ2n) is 6.08. The smallest absolute Gasteiger partial charge is 0.105 e. The third kappa shape index (κ3) is 3.83. The van der Waals surface area contributed by atoms with Crippen molar-refractivity contribution in [1.29, 1.82) is 0 Å². The van der Waals surface area contributed by atoms with E-state index in [-0.39, 0.29) is 0 Å². The van der Waals surface area contributed by atoms with Crippen LogP contribution in [0.2, 0.25) is 0 Å². The van der Waals surface area contributed by atoms with Gasteiger partial charge in [-0.15, -0.1) is 0 Å². The lowest BCUT2D eigenvalue weighted by Crippen LogP contribution is -2.46. The molecule has 3 heteroatoms. The lowest BCUT2D eigenvalue weighted by atomic mass is 9.79. The van der Waals surface area contributed by atoms with Gasteiger partial charge in [-0.05, 0) is 52.9 Å². The van der Waals surface area contributed by atoms with Crippen molar-refractivity contribution in [2.24, 2.45) is 0 Å². The molecular formula is C16H28N2O. The maximum absolute atomic E-state index is 5.36. The summed E-state index contributed by atoms with van der Waals surface area (Å²) < 4.78 is 5.36. The van der Waals surface area contributed by atoms with E-state index < -0.39 is 0 Å². The Labute approximate surface area is 117 Å². The maximum atomic E-state index is 5.36. The molecule has 19 heavy (non-hydrogen) atoms. The molecule has 1 aliphatic carbocycles. The molecule has 1 heterocycles. The summed E-state index contributed by atoms with van der Waals surface area (Å²) in [5.74, 6) is 1.05. The van der Waals surface area contributed by atoms with Crippen LogP contribution in [0.25, 0.3) is 0 Å². The van der Waals surface area contributed by atoms with E-state index in [9.17, 15) is 0 Å². The van der Waals surface area contributed by atoms with Gasteiger partial charge >= 0.3 is 0 Å². The molecule has 0 atom stereocenters. The highest BCUT2D eigenvalue weighted by Crippen LogP contribution is 2.30. The van der Waals surface area contributed by atoms with Gasteiger partial charge in [-0.3, -0.25) is 0 Å². The summed E-state index contributed by atoms with van der Waals surface area (Å²) in [5.41, 5.74) is 1.70. The van der Waals surface area contributed by atoms with Gasteiger partial charge < -0.3 is 14.6 Å². The molecule has 1 fully saturated rings. The molecular weight excluding hydrogens is 236 g/mol. The average molecular weight is 264 g/mol. The van der Waals surface area contributed by atoms with Crippen LogP contribution in [0.1, 0.15) is 49.8 Å². The Morgan fingerprint density at radius 2 is 2.05 bits per heavy atom. The van der Waals surface area contributed by atoms with Crippen LogP contribution in [0, 0.1) is 6.92 Å². The number of furan rings is 1. The quantitative estimate of drug-likeness (QED) is 0.854. The molecule has 0 amide bonds. The molecule has 1 saturated carbocycles. The van der Waals surface area contributed by atoms with Gasteiger partial charge in [0.05, 0.1) is 6.26 Å². The van der Waals surface area contributed by atoms with E-state index in [1.165, 1.54) is 44.1 Å². The number of nitrogens with one attached hydrogen (secondary N) is 1. The molecule has 0 aromatic carbocycles. The Kier molecular flexibility index (Phi) is 5.06. The Hall–Kier alpha value is -0.800. The summed E-state index contributed by atoms with van der Waals surface area (Å²) in [6, 6.07) is 2.08. The van der Waals surface area contributed by atoms with Crippen molar-refractivity contribution in [2.45, 2.75) is 57.5 Å². The summed E-state index contributed by atoms with van der Waals surface area (Å²) in [6.07, 6.45) is 9.88. The number of rotatable bonds is 6. The molecule has 1 aromatic heterocycles. The SMILES string of the molecule is CNC1(CCN(C)Cc2ccoc2C)CCCCC1. The van der Waals surface area contributed by atoms with E-state index in [4.69, 9.17) is 4.42 Å². The van der Waals surface area contributed by atoms with Crippen LogP contribution in [0.15, 0.2) is 16.7 Å². The van der Waals surface area contributed by atoms with Crippen LogP contribution in [0.4, 0.5) is 0 Å². The first-order chi connectivity index (χ1) is 9.15. The number of nitrogens with zero attached hydrogens (tertiary/aromatic N) is 1. The Morgan fingerprint density at radius 1 is 1.32 bits per heavy atom. The minimum Gasteiger partial charge on any atom is -0.469 e. The number of hydrogen-bond acceptors (Lipinski definition) is 3. The molecule has 1 aliphatic rings. The Morgan fingerprint density at radius 3 is 2.63 bits per heavy atom. The van der Waals surface area contributed by atoms with Crippen LogP contribution in [0.3, 0.4) is 0 Å². The van der Waals surface area contributed by atoms with E-state index in [0.717, 1.165) is 18.8 Å². The Bertz CT molecular complexity index is 380. The second kappa shape index (κ2) is 6.58. The molecule has 0 saturated heterocycles. The van der Waals surface area contributed by atoms with Gasteiger partial charge in [0.1, 0.15) is 5.76 Å². The van der Waals surface area contributed by atoms with Gasteiger partial charge in [0.2, 0.25) is 0 Å². The molecule has 0 bridgehead atoms. The van der Waals surface area contributed by atoms with Crippen molar-refractivity contribution >= 4 is 0 Å². The lowest BCUT2D eigenvalue weighted by molar-refractivity contribution is 0.194. The van der Waals surface area contributed by atoms with Crippen LogP contribution in [-0.2, 0) is 6.54 Å². The zero-order chi connectivity index (χ0) is 13.7. The van der Waals surface area contributed by atoms with Crippen molar-refractivity contribution in [3.8, 4) is 0 Å². The van der Waals surface area contributed by atoms with Gasteiger partial charge in [0.25, 0.3) is 0 Å². The zero-order valence-corrected chi connectivity index (χ0v) is 12.7. The molecule has 0 aliphatic heterocycles. The highest BCUT2D eigenvalue weighted by Gasteiger charge is 2.29. The molecule has 1 N–H and O–H groups in total. The van der Waals surface area contributed by atoms with Gasteiger partial charge in [-0.1, -0.05) is 19.3 Å². The van der Waals surface area contributed by atoms with Gasteiger partial charge in [-0.25, -0.2) is 0 Å². The summed E-state index contributed by atoms with van der Waals surface area (Å²) in [7, 11) is 4.34. The lowest BCUT2D eigenvalue weighted by Gasteiger charge is -2.38. The van der Waals surface area contributed by atoms with Crippen LogP contribution >= 0.6 is 0 Å². The monoisotopic (exact) mass is 264 g/mol. The summed E-state index contributed by atoms with van der Waals surface area (Å²) in [6.45, 7) is 4.17. The molecule has 108 valence electrons. The van der Waals surface area contributed by atoms with Crippen LogP contribution in [0.5, 0.6) is 0 Å². The topological polar surface area (TPSA) is 28.4 Å². The summed E-state index contributed by atoms with van der Waals surface area (Å²) in [4.78, 5) is 2.41. The minimum atomic E-state index is 0.387. The van der Waals surface area contributed by atoms with Crippen LogP contribution in [-0.4, -0.2) is 31.1 Å². The van der Waals surface area contributed by atoms with Gasteiger partial charge in [-0.2, -0.15) is 0 Å². The minimum absolute atomic E-state index is 0.387. The van der Waals surface area contributed by atoms with Gasteiger partial charge in [0, 0.05) is 17.6 Å². The van der Waals surface area contributed by atoms with Crippen molar-refractivity contribution in [3.63, 3.8) is 0 Å². The predicted molar refractivity (Wildman–Crippen MR) is 79.3 cm³/mol. The van der Waals surface area contributed by atoms with Crippen LogP contribution < -0.4 is 5.32 Å². The largest absolute Gasteiger partial charge is 0.469 e. The first-order valence-electron chi connectivity index (χ1n) is 7.56. The molecule has 1 aromatic rings. The second-order valence-corrected chi connectivity index (χ2v) is 6.08. The van der Waals surface area contributed by atoms with Crippen molar-refractivity contribution in [3.05, 3.63) is 23.7 Å². The van der Waals surface area contributed by atoms with E-state index >= 15 is 0 Å². The predicted octanol–water partition coefficient (Wildman–Crippen LogP) is 3.33. The molecule has 2 rings (SSSR count).